The topological polar surface area (TPSA) is 43.8 Å². The molecule has 0 fully saturated rings. The number of hydrogen-bond donors (Lipinski definition) is 1. The first-order chi connectivity index (χ1) is 10.2. The number of nitrogens with two attached hydrogens (primary N) is 1. The third-order valence-electron chi connectivity index (χ3n) is 2.91. The molecule has 1 heterocycles. The first kappa shape index (κ1) is 16.8. The second kappa shape index (κ2) is 6.29. The van der Waals surface area contributed by atoms with Gasteiger partial charge < -0.3 is 5.73 Å². The Bertz CT molecular complexity index is 647. The third-order valence-corrected chi connectivity index (χ3v) is 4.12. The average Bonchev–Trinajstić information content (AvgIpc) is 2.69. The molecule has 0 aliphatic rings. The van der Waals surface area contributed by atoms with E-state index in [0.29, 0.717) is 9.92 Å². The first-order valence-electron chi connectivity index (χ1n) is 6.50. The van der Waals surface area contributed by atoms with Crippen LogP contribution in [0, 0.1) is 5.82 Å². The molecule has 0 radical (unpaired) electrons. The zero-order chi connectivity index (χ0) is 16.5. The highest BCUT2D eigenvalue weighted by Crippen LogP contribution is 2.38. The van der Waals surface area contributed by atoms with Crippen LogP contribution in [0.5, 0.6) is 0 Å². The van der Waals surface area contributed by atoms with Crippen LogP contribution in [-0.4, -0.2) is 15.8 Å². The molecule has 0 amide bonds. The summed E-state index contributed by atoms with van der Waals surface area (Å²) in [7, 11) is 1.45. The Labute approximate surface area is 129 Å². The molecule has 8 heteroatoms. The van der Waals surface area contributed by atoms with Gasteiger partial charge in [-0.2, -0.15) is 18.3 Å². The van der Waals surface area contributed by atoms with Crippen LogP contribution in [0.15, 0.2) is 34.2 Å². The lowest BCUT2D eigenvalue weighted by molar-refractivity contribution is -0.142. The van der Waals surface area contributed by atoms with Crippen molar-refractivity contribution in [2.75, 3.05) is 0 Å². The van der Waals surface area contributed by atoms with Gasteiger partial charge in [-0.25, -0.2) is 4.39 Å². The Kier molecular flexibility index (Phi) is 4.81. The fraction of sp³-hybridized carbons (Fsp3) is 0.357. The van der Waals surface area contributed by atoms with E-state index in [1.165, 1.54) is 36.0 Å². The molecule has 0 aliphatic heterocycles. The highest BCUT2D eigenvalue weighted by molar-refractivity contribution is 7.99. The summed E-state index contributed by atoms with van der Waals surface area (Å²) in [5, 5.41) is 3.95. The van der Waals surface area contributed by atoms with Crippen molar-refractivity contribution in [2.24, 2.45) is 12.8 Å². The SMILES string of the molecule is CC(N)Cc1c(C(F)(F)F)nn(C)c1Sc1ccc(F)cc1. The summed E-state index contributed by atoms with van der Waals surface area (Å²) in [4.78, 5) is 0.629. The molecule has 1 atom stereocenters. The Balaban J connectivity index is 2.45. The molecule has 2 aromatic rings. The molecule has 0 bridgehead atoms. The van der Waals surface area contributed by atoms with Gasteiger partial charge in [-0.1, -0.05) is 11.8 Å². The van der Waals surface area contributed by atoms with Crippen molar-refractivity contribution in [3.8, 4) is 0 Å². The third kappa shape index (κ3) is 3.80. The van der Waals surface area contributed by atoms with Gasteiger partial charge >= 0.3 is 6.18 Å². The largest absolute Gasteiger partial charge is 0.435 e. The standard InChI is InChI=1S/C14H15F4N3S/c1-8(19)7-11-12(14(16,17)18)20-21(2)13(11)22-10-5-3-9(15)4-6-10/h3-6,8H,7,19H2,1-2H3. The molecule has 1 aromatic carbocycles. The van der Waals surface area contributed by atoms with E-state index in [2.05, 4.69) is 5.10 Å². The van der Waals surface area contributed by atoms with Crippen molar-refractivity contribution in [3.05, 3.63) is 41.3 Å². The lowest BCUT2D eigenvalue weighted by Gasteiger charge is -2.11. The molecule has 3 nitrogen and oxygen atoms in total. The van der Waals surface area contributed by atoms with Gasteiger partial charge in [0.15, 0.2) is 5.69 Å². The Hall–Kier alpha value is -1.54. The maximum atomic E-state index is 13.1. The van der Waals surface area contributed by atoms with Gasteiger partial charge in [-0.05, 0) is 37.6 Å². The van der Waals surface area contributed by atoms with E-state index in [-0.39, 0.29) is 12.0 Å². The van der Waals surface area contributed by atoms with Crippen LogP contribution in [-0.2, 0) is 19.6 Å². The average molecular weight is 333 g/mol. The number of benzene rings is 1. The van der Waals surface area contributed by atoms with Crippen molar-refractivity contribution in [1.82, 2.24) is 9.78 Å². The molecule has 0 spiro atoms. The van der Waals surface area contributed by atoms with Gasteiger partial charge in [0, 0.05) is 23.5 Å². The highest BCUT2D eigenvalue weighted by atomic mass is 32.2. The second-order valence-electron chi connectivity index (χ2n) is 4.99. The summed E-state index contributed by atoms with van der Waals surface area (Å²) in [5.41, 5.74) is 4.81. The number of aromatic nitrogens is 2. The summed E-state index contributed by atoms with van der Waals surface area (Å²) in [6.07, 6.45) is -4.48. The summed E-state index contributed by atoms with van der Waals surface area (Å²) >= 11 is 1.11. The fourth-order valence-corrected chi connectivity index (χ4v) is 3.00. The molecular formula is C14H15F4N3S. The highest BCUT2D eigenvalue weighted by Gasteiger charge is 2.39. The number of rotatable bonds is 4. The normalized spacial score (nSPS) is 13.4. The van der Waals surface area contributed by atoms with E-state index < -0.39 is 23.7 Å². The van der Waals surface area contributed by atoms with Crippen molar-refractivity contribution in [2.45, 2.75) is 35.5 Å². The summed E-state index contributed by atoms with van der Waals surface area (Å²) in [6.45, 7) is 1.64. The number of nitrogens with zero attached hydrogens (tertiary/aromatic N) is 2. The molecule has 1 aromatic heterocycles. The Morgan fingerprint density at radius 2 is 1.86 bits per heavy atom. The van der Waals surface area contributed by atoms with Gasteiger partial charge in [0.05, 0.1) is 0 Å². The number of hydrogen-bond acceptors (Lipinski definition) is 3. The Morgan fingerprint density at radius 3 is 2.36 bits per heavy atom. The van der Waals surface area contributed by atoms with E-state index in [1.807, 2.05) is 0 Å². The van der Waals surface area contributed by atoms with Crippen LogP contribution >= 0.6 is 11.8 Å². The van der Waals surface area contributed by atoms with Crippen molar-refractivity contribution in [3.63, 3.8) is 0 Å². The fourth-order valence-electron chi connectivity index (χ4n) is 2.03. The van der Waals surface area contributed by atoms with Crippen LogP contribution in [0.25, 0.3) is 0 Å². The molecule has 0 aliphatic carbocycles. The van der Waals surface area contributed by atoms with Gasteiger partial charge in [-0.15, -0.1) is 0 Å². The minimum atomic E-state index is -4.54. The van der Waals surface area contributed by atoms with E-state index in [1.54, 1.807) is 6.92 Å². The molecule has 2 rings (SSSR count). The zero-order valence-electron chi connectivity index (χ0n) is 12.0. The van der Waals surface area contributed by atoms with Gasteiger partial charge in [0.1, 0.15) is 10.8 Å². The number of aryl methyl sites for hydroxylation is 1. The molecule has 22 heavy (non-hydrogen) atoms. The first-order valence-corrected chi connectivity index (χ1v) is 7.32. The van der Waals surface area contributed by atoms with Crippen molar-refractivity contribution < 1.29 is 17.6 Å². The molecule has 120 valence electrons. The van der Waals surface area contributed by atoms with E-state index in [9.17, 15) is 17.6 Å². The van der Waals surface area contributed by atoms with Crippen LogP contribution < -0.4 is 5.73 Å². The second-order valence-corrected chi connectivity index (χ2v) is 6.05. The number of alkyl halides is 3. The van der Waals surface area contributed by atoms with Crippen LogP contribution in [0.2, 0.25) is 0 Å². The van der Waals surface area contributed by atoms with Crippen LogP contribution in [0.4, 0.5) is 17.6 Å². The van der Waals surface area contributed by atoms with E-state index in [0.717, 1.165) is 11.8 Å². The molecule has 1 unspecified atom stereocenters. The predicted octanol–water partition coefficient (Wildman–Crippen LogP) is 3.62. The molecule has 2 N–H and O–H groups in total. The quantitative estimate of drug-likeness (QED) is 0.869. The van der Waals surface area contributed by atoms with Crippen molar-refractivity contribution >= 4 is 11.8 Å². The minimum Gasteiger partial charge on any atom is -0.328 e. The van der Waals surface area contributed by atoms with Gasteiger partial charge in [0.2, 0.25) is 0 Å². The lowest BCUT2D eigenvalue weighted by Crippen LogP contribution is -2.20. The number of halogens is 4. The van der Waals surface area contributed by atoms with E-state index in [4.69, 9.17) is 5.73 Å². The summed E-state index contributed by atoms with van der Waals surface area (Å²) < 4.78 is 53.4. The van der Waals surface area contributed by atoms with Crippen LogP contribution in [0.1, 0.15) is 18.2 Å². The van der Waals surface area contributed by atoms with Gasteiger partial charge in [0.25, 0.3) is 0 Å². The maximum Gasteiger partial charge on any atom is 0.435 e. The predicted molar refractivity (Wildman–Crippen MR) is 76.1 cm³/mol. The monoisotopic (exact) mass is 333 g/mol. The lowest BCUT2D eigenvalue weighted by atomic mass is 10.1. The molecule has 0 saturated heterocycles. The van der Waals surface area contributed by atoms with Gasteiger partial charge in [-0.3, -0.25) is 4.68 Å². The summed E-state index contributed by atoms with van der Waals surface area (Å²) in [5.74, 6) is -0.402. The van der Waals surface area contributed by atoms with Crippen molar-refractivity contribution in [1.29, 1.82) is 0 Å². The van der Waals surface area contributed by atoms with E-state index >= 15 is 0 Å². The van der Waals surface area contributed by atoms with Crippen LogP contribution in [0.3, 0.4) is 0 Å². The summed E-state index contributed by atoms with van der Waals surface area (Å²) in [6, 6.07) is 5.10. The smallest absolute Gasteiger partial charge is 0.328 e. The zero-order valence-corrected chi connectivity index (χ0v) is 12.8. The maximum absolute atomic E-state index is 13.1. The molecular weight excluding hydrogens is 318 g/mol. The molecule has 0 saturated carbocycles. The minimum absolute atomic E-state index is 0.0617. The Morgan fingerprint density at radius 1 is 1.27 bits per heavy atom.